The minimum absolute atomic E-state index is 0.213. The number of benzene rings is 1. The molecule has 128 valence electrons. The molecule has 0 bridgehead atoms. The zero-order chi connectivity index (χ0) is 16.5. The summed E-state index contributed by atoms with van der Waals surface area (Å²) in [5, 5.41) is 5.42. The zero-order valence-corrected chi connectivity index (χ0v) is 14.6. The number of aromatic nitrogens is 1. The second-order valence-corrected chi connectivity index (χ2v) is 7.45. The van der Waals surface area contributed by atoms with E-state index in [1.807, 2.05) is 6.07 Å². The quantitative estimate of drug-likeness (QED) is 0.873. The number of thioether (sulfide) groups is 1. The van der Waals surface area contributed by atoms with Crippen molar-refractivity contribution in [1.82, 2.24) is 4.98 Å². The highest BCUT2D eigenvalue weighted by Gasteiger charge is 2.21. The van der Waals surface area contributed by atoms with Gasteiger partial charge in [-0.3, -0.25) is 4.99 Å². The Morgan fingerprint density at radius 2 is 2.17 bits per heavy atom. The third-order valence-electron chi connectivity index (χ3n) is 4.69. The van der Waals surface area contributed by atoms with Crippen molar-refractivity contribution in [1.29, 1.82) is 0 Å². The van der Waals surface area contributed by atoms with Gasteiger partial charge in [-0.05, 0) is 37.5 Å². The number of rotatable bonds is 4. The van der Waals surface area contributed by atoms with Gasteiger partial charge in [0.1, 0.15) is 10.9 Å². The molecule has 4 nitrogen and oxygen atoms in total. The molecule has 4 rings (SSSR count). The lowest BCUT2D eigenvalue weighted by Gasteiger charge is -2.24. The molecule has 2 aliphatic heterocycles. The number of anilines is 1. The van der Waals surface area contributed by atoms with Crippen LogP contribution in [0.15, 0.2) is 23.2 Å². The summed E-state index contributed by atoms with van der Waals surface area (Å²) in [6.07, 6.45) is 2.96. The predicted molar refractivity (Wildman–Crippen MR) is 98.8 cm³/mol. The number of nitrogens with zero attached hydrogens (tertiary/aromatic N) is 1. The van der Waals surface area contributed by atoms with Gasteiger partial charge in [-0.15, -0.1) is 11.8 Å². The Balaban J connectivity index is 1.66. The topological polar surface area (TPSA) is 49.4 Å². The number of aliphatic imine (C=N–C) groups is 1. The monoisotopic (exact) mass is 347 g/mol. The third-order valence-corrected chi connectivity index (χ3v) is 5.84. The summed E-state index contributed by atoms with van der Waals surface area (Å²) in [4.78, 5) is 8.21. The summed E-state index contributed by atoms with van der Waals surface area (Å²) in [5.74, 6) is 0.818. The lowest BCUT2D eigenvalue weighted by Crippen LogP contribution is -2.27. The molecule has 0 aliphatic carbocycles. The van der Waals surface area contributed by atoms with Gasteiger partial charge < -0.3 is 15.0 Å². The van der Waals surface area contributed by atoms with E-state index in [-0.39, 0.29) is 5.82 Å². The van der Waals surface area contributed by atoms with Crippen molar-refractivity contribution in [3.05, 3.63) is 29.7 Å². The van der Waals surface area contributed by atoms with Crippen molar-refractivity contribution in [2.75, 3.05) is 24.3 Å². The fourth-order valence-electron chi connectivity index (χ4n) is 3.27. The molecule has 0 spiro atoms. The van der Waals surface area contributed by atoms with Crippen molar-refractivity contribution in [2.24, 2.45) is 4.99 Å². The second kappa shape index (κ2) is 6.76. The van der Waals surface area contributed by atoms with Gasteiger partial charge in [0.2, 0.25) is 0 Å². The van der Waals surface area contributed by atoms with Gasteiger partial charge in [0.25, 0.3) is 0 Å². The third kappa shape index (κ3) is 3.17. The molecule has 3 heterocycles. The Bertz CT molecular complexity index is 767. The van der Waals surface area contributed by atoms with E-state index in [1.165, 1.54) is 0 Å². The van der Waals surface area contributed by atoms with Crippen LogP contribution in [0, 0.1) is 5.82 Å². The van der Waals surface area contributed by atoms with Gasteiger partial charge in [-0.1, -0.05) is 6.92 Å². The Kier molecular flexibility index (Phi) is 4.50. The van der Waals surface area contributed by atoms with Crippen molar-refractivity contribution in [3.8, 4) is 0 Å². The van der Waals surface area contributed by atoms with Crippen LogP contribution < -0.4 is 5.32 Å². The summed E-state index contributed by atoms with van der Waals surface area (Å²) >= 11 is 1.78. The van der Waals surface area contributed by atoms with E-state index >= 15 is 0 Å². The molecule has 2 aromatic rings. The molecule has 1 atom stereocenters. The van der Waals surface area contributed by atoms with E-state index in [1.54, 1.807) is 23.9 Å². The average Bonchev–Trinajstić information content (AvgIpc) is 3.22. The molecule has 0 saturated carbocycles. The van der Waals surface area contributed by atoms with Crippen LogP contribution in [0.3, 0.4) is 0 Å². The van der Waals surface area contributed by atoms with Crippen LogP contribution in [-0.4, -0.2) is 41.1 Å². The number of halogens is 1. The highest BCUT2D eigenvalue weighted by atomic mass is 32.2. The SMILES string of the molecule is CCC1CSC(c2cc3cc(F)cc(NC4CCOCC4)c3[nH]2)=N1. The minimum Gasteiger partial charge on any atom is -0.381 e. The van der Waals surface area contributed by atoms with E-state index in [0.717, 1.165) is 65.6 Å². The Labute approximate surface area is 145 Å². The molecule has 0 radical (unpaired) electrons. The van der Waals surface area contributed by atoms with Crippen molar-refractivity contribution in [3.63, 3.8) is 0 Å². The van der Waals surface area contributed by atoms with Crippen LogP contribution in [0.5, 0.6) is 0 Å². The van der Waals surface area contributed by atoms with Crippen LogP contribution in [0.2, 0.25) is 0 Å². The number of fused-ring (bicyclic) bond motifs is 1. The largest absolute Gasteiger partial charge is 0.381 e. The molecule has 1 aromatic carbocycles. The molecule has 0 amide bonds. The number of hydrogen-bond donors (Lipinski definition) is 2. The Morgan fingerprint density at radius 1 is 1.33 bits per heavy atom. The normalized spacial score (nSPS) is 22.1. The molecule has 1 unspecified atom stereocenters. The predicted octanol–water partition coefficient (Wildman–Crippen LogP) is 4.17. The number of H-pyrrole nitrogens is 1. The number of aromatic amines is 1. The van der Waals surface area contributed by atoms with E-state index < -0.39 is 0 Å². The first-order valence-corrected chi connectivity index (χ1v) is 9.59. The molecular formula is C18H22FN3OS. The van der Waals surface area contributed by atoms with Crippen LogP contribution in [-0.2, 0) is 4.74 Å². The lowest BCUT2D eigenvalue weighted by molar-refractivity contribution is 0.0905. The molecule has 1 fully saturated rings. The van der Waals surface area contributed by atoms with Crippen molar-refractivity contribution >= 4 is 33.4 Å². The summed E-state index contributed by atoms with van der Waals surface area (Å²) in [6, 6.07) is 5.90. The van der Waals surface area contributed by atoms with Crippen LogP contribution in [0.1, 0.15) is 31.9 Å². The van der Waals surface area contributed by atoms with Gasteiger partial charge in [-0.25, -0.2) is 4.39 Å². The first-order valence-electron chi connectivity index (χ1n) is 8.60. The second-order valence-electron chi connectivity index (χ2n) is 6.44. The lowest BCUT2D eigenvalue weighted by atomic mass is 10.1. The van der Waals surface area contributed by atoms with Crippen LogP contribution in [0.25, 0.3) is 10.9 Å². The molecule has 1 saturated heterocycles. The summed E-state index contributed by atoms with van der Waals surface area (Å²) in [7, 11) is 0. The maximum Gasteiger partial charge on any atom is 0.126 e. The number of nitrogens with one attached hydrogen (secondary N) is 2. The van der Waals surface area contributed by atoms with Gasteiger partial charge >= 0.3 is 0 Å². The fourth-order valence-corrected chi connectivity index (χ4v) is 4.42. The van der Waals surface area contributed by atoms with Gasteiger partial charge in [0, 0.05) is 30.4 Å². The zero-order valence-electron chi connectivity index (χ0n) is 13.8. The molecule has 1 aromatic heterocycles. The molecule has 6 heteroatoms. The standard InChI is InChI=1S/C18H22FN3OS/c1-2-13-10-24-18(21-13)16-8-11-7-12(19)9-15(17(11)22-16)20-14-3-5-23-6-4-14/h7-9,13-14,20,22H,2-6,10H2,1H3. The Morgan fingerprint density at radius 3 is 2.92 bits per heavy atom. The van der Waals surface area contributed by atoms with Gasteiger partial charge in [-0.2, -0.15) is 0 Å². The number of hydrogen-bond acceptors (Lipinski definition) is 4. The highest BCUT2D eigenvalue weighted by Crippen LogP contribution is 2.31. The highest BCUT2D eigenvalue weighted by molar-refractivity contribution is 8.14. The summed E-state index contributed by atoms with van der Waals surface area (Å²) in [6.45, 7) is 3.68. The van der Waals surface area contributed by atoms with Crippen LogP contribution >= 0.6 is 11.8 Å². The van der Waals surface area contributed by atoms with Crippen LogP contribution in [0.4, 0.5) is 10.1 Å². The molecular weight excluding hydrogens is 325 g/mol. The first kappa shape index (κ1) is 16.0. The van der Waals surface area contributed by atoms with E-state index in [9.17, 15) is 4.39 Å². The minimum atomic E-state index is -0.213. The van der Waals surface area contributed by atoms with E-state index in [0.29, 0.717) is 12.1 Å². The summed E-state index contributed by atoms with van der Waals surface area (Å²) in [5.41, 5.74) is 2.78. The van der Waals surface area contributed by atoms with Crippen molar-refractivity contribution in [2.45, 2.75) is 38.3 Å². The summed E-state index contributed by atoms with van der Waals surface area (Å²) < 4.78 is 19.4. The number of ether oxygens (including phenoxy) is 1. The smallest absolute Gasteiger partial charge is 0.126 e. The fraction of sp³-hybridized carbons (Fsp3) is 0.500. The average molecular weight is 347 g/mol. The van der Waals surface area contributed by atoms with E-state index in [2.05, 4.69) is 17.2 Å². The molecule has 2 aliphatic rings. The maximum atomic E-state index is 14.0. The first-order chi connectivity index (χ1) is 11.7. The van der Waals surface area contributed by atoms with Crippen molar-refractivity contribution < 1.29 is 9.13 Å². The molecule has 2 N–H and O–H groups in total. The molecule has 24 heavy (non-hydrogen) atoms. The Hall–Kier alpha value is -1.53. The van der Waals surface area contributed by atoms with Gasteiger partial charge in [0.05, 0.1) is 22.9 Å². The maximum absolute atomic E-state index is 14.0. The van der Waals surface area contributed by atoms with E-state index in [4.69, 9.17) is 9.73 Å². The van der Waals surface area contributed by atoms with Gasteiger partial charge in [0.15, 0.2) is 0 Å².